The Kier molecular flexibility index (Phi) is 5.47. The van der Waals surface area contributed by atoms with Crippen LogP contribution in [0.4, 0.5) is 0 Å². The van der Waals surface area contributed by atoms with E-state index in [-0.39, 0.29) is 5.97 Å². The second-order valence-electron chi connectivity index (χ2n) is 2.02. The second kappa shape index (κ2) is 5.92. The molecule has 0 bridgehead atoms. The van der Waals surface area contributed by atoms with E-state index in [4.69, 9.17) is 4.84 Å². The maximum atomic E-state index is 10.8. The van der Waals surface area contributed by atoms with Crippen molar-refractivity contribution in [1.29, 1.82) is 0 Å². The maximum absolute atomic E-state index is 10.8. The minimum Gasteiger partial charge on any atom is -0.364 e. The maximum Gasteiger partial charge on any atom is 0.349 e. The summed E-state index contributed by atoms with van der Waals surface area (Å²) in [5.74, 6) is -0.309. The van der Waals surface area contributed by atoms with Crippen LogP contribution in [0, 0.1) is 0 Å². The van der Waals surface area contributed by atoms with Gasteiger partial charge < -0.3 is 4.84 Å². The summed E-state index contributed by atoms with van der Waals surface area (Å²) in [7, 11) is 0. The third-order valence-electron chi connectivity index (χ3n) is 1.23. The number of carbonyl (C=O) groups is 1. The highest BCUT2D eigenvalue weighted by Gasteiger charge is 2.02. The predicted molar refractivity (Wildman–Crippen MR) is 43.8 cm³/mol. The zero-order valence-corrected chi connectivity index (χ0v) is 7.33. The molecular formula is C8H15NO2. The molecule has 0 aromatic heterocycles. The summed E-state index contributed by atoms with van der Waals surface area (Å²) in [5.41, 5.74) is 0. The topological polar surface area (TPSA) is 29.5 Å². The highest BCUT2D eigenvalue weighted by atomic mass is 16.7. The van der Waals surface area contributed by atoms with Gasteiger partial charge in [0.2, 0.25) is 0 Å². The van der Waals surface area contributed by atoms with Gasteiger partial charge in [-0.15, -0.1) is 5.06 Å². The smallest absolute Gasteiger partial charge is 0.349 e. The third kappa shape index (κ3) is 4.56. The number of allylic oxidation sites excluding steroid dienone is 1. The average Bonchev–Trinajstić information content (AvgIpc) is 2.01. The molecule has 0 unspecified atom stereocenters. The van der Waals surface area contributed by atoms with Crippen LogP contribution in [0.3, 0.4) is 0 Å². The van der Waals surface area contributed by atoms with Crippen LogP contribution in [-0.4, -0.2) is 24.1 Å². The molecule has 11 heavy (non-hydrogen) atoms. The number of hydrogen-bond donors (Lipinski definition) is 0. The van der Waals surface area contributed by atoms with Gasteiger partial charge in [-0.3, -0.25) is 0 Å². The van der Waals surface area contributed by atoms with Gasteiger partial charge in [-0.25, -0.2) is 4.79 Å². The molecule has 0 spiro atoms. The van der Waals surface area contributed by atoms with E-state index in [1.807, 2.05) is 13.8 Å². The first-order valence-electron chi connectivity index (χ1n) is 3.84. The van der Waals surface area contributed by atoms with E-state index in [0.717, 1.165) is 13.1 Å². The molecule has 0 heterocycles. The quantitative estimate of drug-likeness (QED) is 0.456. The van der Waals surface area contributed by atoms with Gasteiger partial charge in [0.15, 0.2) is 0 Å². The fourth-order valence-electron chi connectivity index (χ4n) is 0.646. The molecule has 3 nitrogen and oxygen atoms in total. The van der Waals surface area contributed by atoms with Crippen LogP contribution in [-0.2, 0) is 9.63 Å². The van der Waals surface area contributed by atoms with Gasteiger partial charge in [0, 0.05) is 19.2 Å². The normalized spacial score (nSPS) is 10.9. The van der Waals surface area contributed by atoms with E-state index >= 15 is 0 Å². The minimum atomic E-state index is -0.309. The molecule has 0 fully saturated rings. The van der Waals surface area contributed by atoms with Crippen LogP contribution in [0.5, 0.6) is 0 Å². The lowest BCUT2D eigenvalue weighted by atomic mass is 10.5. The summed E-state index contributed by atoms with van der Waals surface area (Å²) in [6.45, 7) is 7.10. The molecule has 0 aromatic carbocycles. The largest absolute Gasteiger partial charge is 0.364 e. The molecule has 0 atom stereocenters. The van der Waals surface area contributed by atoms with Crippen LogP contribution in [0.1, 0.15) is 20.8 Å². The average molecular weight is 157 g/mol. The van der Waals surface area contributed by atoms with Crippen molar-refractivity contribution in [3.05, 3.63) is 12.2 Å². The van der Waals surface area contributed by atoms with Crippen molar-refractivity contribution >= 4 is 5.97 Å². The molecule has 64 valence electrons. The van der Waals surface area contributed by atoms with Crippen molar-refractivity contribution in [3.63, 3.8) is 0 Å². The van der Waals surface area contributed by atoms with E-state index in [9.17, 15) is 4.79 Å². The van der Waals surface area contributed by atoms with Crippen LogP contribution < -0.4 is 0 Å². The molecule has 0 aromatic rings. The lowest BCUT2D eigenvalue weighted by Crippen LogP contribution is -2.25. The summed E-state index contributed by atoms with van der Waals surface area (Å²) in [6, 6.07) is 0. The Balaban J connectivity index is 3.71. The summed E-state index contributed by atoms with van der Waals surface area (Å²) in [6.07, 6.45) is 3.06. The molecule has 0 saturated carbocycles. The Hall–Kier alpha value is -0.830. The number of nitrogens with zero attached hydrogens (tertiary/aromatic N) is 1. The molecule has 0 aliphatic carbocycles. The number of hydroxylamine groups is 2. The molecule has 0 aliphatic heterocycles. The van der Waals surface area contributed by atoms with E-state index in [2.05, 4.69) is 0 Å². The fraction of sp³-hybridized carbons (Fsp3) is 0.625. The van der Waals surface area contributed by atoms with Gasteiger partial charge in [0.25, 0.3) is 0 Å². The molecule has 0 aliphatic rings. The zero-order chi connectivity index (χ0) is 8.69. The summed E-state index contributed by atoms with van der Waals surface area (Å²) >= 11 is 0. The minimum absolute atomic E-state index is 0.309. The first-order chi connectivity index (χ1) is 5.24. The molecule has 0 rings (SSSR count). The summed E-state index contributed by atoms with van der Waals surface area (Å²) < 4.78 is 0. The van der Waals surface area contributed by atoms with Crippen molar-refractivity contribution in [2.24, 2.45) is 0 Å². The van der Waals surface area contributed by atoms with Gasteiger partial charge in [-0.2, -0.15) is 0 Å². The predicted octanol–water partition coefficient (Wildman–Crippen LogP) is 1.36. The van der Waals surface area contributed by atoms with Crippen molar-refractivity contribution < 1.29 is 9.63 Å². The van der Waals surface area contributed by atoms with Crippen molar-refractivity contribution in [2.45, 2.75) is 20.8 Å². The van der Waals surface area contributed by atoms with E-state index < -0.39 is 0 Å². The van der Waals surface area contributed by atoms with Gasteiger partial charge in [-0.05, 0) is 20.8 Å². The first-order valence-corrected chi connectivity index (χ1v) is 3.84. The summed E-state index contributed by atoms with van der Waals surface area (Å²) in [4.78, 5) is 15.7. The summed E-state index contributed by atoms with van der Waals surface area (Å²) in [5, 5.41) is 1.60. The van der Waals surface area contributed by atoms with Gasteiger partial charge in [-0.1, -0.05) is 6.08 Å². The number of rotatable bonds is 4. The lowest BCUT2D eigenvalue weighted by Gasteiger charge is -2.15. The molecular weight excluding hydrogens is 142 g/mol. The molecule has 0 N–H and O–H groups in total. The molecule has 0 radical (unpaired) electrons. The third-order valence-corrected chi connectivity index (χ3v) is 1.23. The van der Waals surface area contributed by atoms with E-state index in [0.29, 0.717) is 0 Å². The van der Waals surface area contributed by atoms with Gasteiger partial charge in [0.1, 0.15) is 0 Å². The Labute approximate surface area is 67.6 Å². The van der Waals surface area contributed by atoms with Crippen LogP contribution in [0.2, 0.25) is 0 Å². The molecule has 3 heteroatoms. The van der Waals surface area contributed by atoms with Crippen LogP contribution in [0.25, 0.3) is 0 Å². The highest BCUT2D eigenvalue weighted by Crippen LogP contribution is 1.90. The van der Waals surface area contributed by atoms with Crippen LogP contribution >= 0.6 is 0 Å². The first kappa shape index (κ1) is 10.2. The molecule has 0 amide bonds. The van der Waals surface area contributed by atoms with Crippen LogP contribution in [0.15, 0.2) is 12.2 Å². The fourth-order valence-corrected chi connectivity index (χ4v) is 0.646. The Morgan fingerprint density at radius 3 is 2.36 bits per heavy atom. The van der Waals surface area contributed by atoms with E-state index in [1.165, 1.54) is 6.08 Å². The van der Waals surface area contributed by atoms with Crippen molar-refractivity contribution in [3.8, 4) is 0 Å². The lowest BCUT2D eigenvalue weighted by molar-refractivity contribution is -0.182. The zero-order valence-electron chi connectivity index (χ0n) is 7.33. The Morgan fingerprint density at radius 2 is 2.00 bits per heavy atom. The monoisotopic (exact) mass is 157 g/mol. The standard InChI is InChI=1S/C8H15NO2/c1-4-7-8(10)11-9(5-2)6-3/h4,7H,5-6H2,1-3H3/b7-4+. The number of carbonyl (C=O) groups excluding carboxylic acids is 1. The SMILES string of the molecule is C/C=C/C(=O)ON(CC)CC. The number of hydrogen-bond acceptors (Lipinski definition) is 3. The van der Waals surface area contributed by atoms with Crippen molar-refractivity contribution in [2.75, 3.05) is 13.1 Å². The van der Waals surface area contributed by atoms with Crippen molar-refractivity contribution in [1.82, 2.24) is 5.06 Å². The Bertz CT molecular complexity index is 139. The van der Waals surface area contributed by atoms with E-state index in [1.54, 1.807) is 18.1 Å². The highest BCUT2D eigenvalue weighted by molar-refractivity contribution is 5.81. The van der Waals surface area contributed by atoms with Gasteiger partial charge >= 0.3 is 5.97 Å². The van der Waals surface area contributed by atoms with Gasteiger partial charge in [0.05, 0.1) is 0 Å². The molecule has 0 saturated heterocycles. The Morgan fingerprint density at radius 1 is 1.45 bits per heavy atom. The second-order valence-corrected chi connectivity index (χ2v) is 2.02.